The van der Waals surface area contributed by atoms with Crippen LogP contribution >= 0.6 is 0 Å². The van der Waals surface area contributed by atoms with Gasteiger partial charge in [0, 0.05) is 6.42 Å². The molecule has 19 heavy (non-hydrogen) atoms. The molecule has 4 nitrogen and oxygen atoms in total. The van der Waals surface area contributed by atoms with Gasteiger partial charge in [-0.05, 0) is 37.1 Å². The minimum Gasteiger partial charge on any atom is -0.490 e. The largest absolute Gasteiger partial charge is 0.490 e. The fraction of sp³-hybridized carbons (Fsp3) is 0.533. The Morgan fingerprint density at radius 3 is 3.05 bits per heavy atom. The standard InChI is InChI=1S/C15H22N2O2/c1-2-3-4-15(18)17-9-10-19-14-6-5-12(7-8-16)11-13(14)17/h5-6,11H,2-4,7-10,16H2,1H3. The van der Waals surface area contributed by atoms with Gasteiger partial charge in [0.2, 0.25) is 5.91 Å². The first-order valence-corrected chi connectivity index (χ1v) is 7.02. The van der Waals surface area contributed by atoms with Gasteiger partial charge in [0.25, 0.3) is 0 Å². The summed E-state index contributed by atoms with van der Waals surface area (Å²) in [4.78, 5) is 14.1. The van der Waals surface area contributed by atoms with Crippen LogP contribution in [0.4, 0.5) is 5.69 Å². The van der Waals surface area contributed by atoms with E-state index in [0.29, 0.717) is 26.1 Å². The number of rotatable bonds is 5. The first kappa shape index (κ1) is 13.9. The zero-order chi connectivity index (χ0) is 13.7. The lowest BCUT2D eigenvalue weighted by Gasteiger charge is -2.30. The summed E-state index contributed by atoms with van der Waals surface area (Å²) in [6.07, 6.45) is 3.41. The first-order valence-electron chi connectivity index (χ1n) is 7.02. The second-order valence-electron chi connectivity index (χ2n) is 4.84. The molecule has 1 aliphatic heterocycles. The SMILES string of the molecule is CCCCC(=O)N1CCOc2ccc(CCN)cc21. The van der Waals surface area contributed by atoms with Crippen LogP contribution in [0.3, 0.4) is 0 Å². The zero-order valence-corrected chi connectivity index (χ0v) is 11.5. The Labute approximate surface area is 114 Å². The summed E-state index contributed by atoms with van der Waals surface area (Å²) in [6, 6.07) is 6.00. The number of fused-ring (bicyclic) bond motifs is 1. The van der Waals surface area contributed by atoms with Gasteiger partial charge in [-0.15, -0.1) is 0 Å². The van der Waals surface area contributed by atoms with E-state index < -0.39 is 0 Å². The number of unbranched alkanes of at least 4 members (excludes halogenated alkanes) is 1. The fourth-order valence-corrected chi connectivity index (χ4v) is 2.31. The lowest BCUT2D eigenvalue weighted by molar-refractivity contribution is -0.119. The van der Waals surface area contributed by atoms with E-state index in [0.717, 1.165) is 36.3 Å². The second-order valence-corrected chi connectivity index (χ2v) is 4.84. The molecule has 0 unspecified atom stereocenters. The van der Waals surface area contributed by atoms with Crippen molar-refractivity contribution in [3.05, 3.63) is 23.8 Å². The van der Waals surface area contributed by atoms with E-state index in [-0.39, 0.29) is 5.91 Å². The Morgan fingerprint density at radius 2 is 2.32 bits per heavy atom. The molecular formula is C15H22N2O2. The lowest BCUT2D eigenvalue weighted by atomic mass is 10.1. The summed E-state index contributed by atoms with van der Waals surface area (Å²) in [5.41, 5.74) is 7.64. The average molecular weight is 262 g/mol. The molecule has 1 aliphatic rings. The molecule has 0 aromatic heterocycles. The monoisotopic (exact) mass is 262 g/mol. The number of hydrogen-bond acceptors (Lipinski definition) is 3. The highest BCUT2D eigenvalue weighted by molar-refractivity contribution is 5.95. The smallest absolute Gasteiger partial charge is 0.227 e. The van der Waals surface area contributed by atoms with Gasteiger partial charge < -0.3 is 15.4 Å². The molecule has 2 N–H and O–H groups in total. The van der Waals surface area contributed by atoms with E-state index in [9.17, 15) is 4.79 Å². The predicted octanol–water partition coefficient (Wildman–Crippen LogP) is 2.10. The highest BCUT2D eigenvalue weighted by Gasteiger charge is 2.23. The molecule has 0 atom stereocenters. The number of carbonyl (C=O) groups excluding carboxylic acids is 1. The number of nitrogens with two attached hydrogens (primary N) is 1. The molecule has 0 fully saturated rings. The third-order valence-electron chi connectivity index (χ3n) is 3.36. The molecule has 1 heterocycles. The first-order chi connectivity index (χ1) is 9.26. The Morgan fingerprint density at radius 1 is 1.47 bits per heavy atom. The molecule has 1 aromatic rings. The Balaban J connectivity index is 2.21. The number of carbonyl (C=O) groups is 1. The molecular weight excluding hydrogens is 240 g/mol. The van der Waals surface area contributed by atoms with Crippen LogP contribution in [0.15, 0.2) is 18.2 Å². The summed E-state index contributed by atoms with van der Waals surface area (Å²) in [6.45, 7) is 3.92. The molecule has 0 aliphatic carbocycles. The van der Waals surface area contributed by atoms with E-state index in [2.05, 4.69) is 6.92 Å². The molecule has 1 aromatic carbocycles. The van der Waals surface area contributed by atoms with Crippen molar-refractivity contribution < 1.29 is 9.53 Å². The minimum absolute atomic E-state index is 0.191. The summed E-state index contributed by atoms with van der Waals surface area (Å²) in [7, 11) is 0. The molecule has 0 spiro atoms. The van der Waals surface area contributed by atoms with Crippen molar-refractivity contribution in [1.82, 2.24) is 0 Å². The van der Waals surface area contributed by atoms with Crippen molar-refractivity contribution in [3.8, 4) is 5.75 Å². The maximum atomic E-state index is 12.2. The molecule has 104 valence electrons. The van der Waals surface area contributed by atoms with Gasteiger partial charge in [-0.1, -0.05) is 19.4 Å². The van der Waals surface area contributed by atoms with Crippen LogP contribution in [0.5, 0.6) is 5.75 Å². The van der Waals surface area contributed by atoms with E-state index in [1.54, 1.807) is 0 Å². The number of ether oxygens (including phenoxy) is 1. The number of anilines is 1. The normalized spacial score (nSPS) is 13.9. The molecule has 0 bridgehead atoms. The van der Waals surface area contributed by atoms with Gasteiger partial charge in [0.1, 0.15) is 12.4 Å². The maximum Gasteiger partial charge on any atom is 0.227 e. The van der Waals surface area contributed by atoms with Gasteiger partial charge in [0.05, 0.1) is 12.2 Å². The van der Waals surface area contributed by atoms with Crippen molar-refractivity contribution in [1.29, 1.82) is 0 Å². The molecule has 1 amide bonds. The molecule has 0 radical (unpaired) electrons. The van der Waals surface area contributed by atoms with E-state index in [1.807, 2.05) is 23.1 Å². The lowest BCUT2D eigenvalue weighted by Crippen LogP contribution is -2.37. The highest BCUT2D eigenvalue weighted by atomic mass is 16.5. The number of amides is 1. The summed E-state index contributed by atoms with van der Waals surface area (Å²) in [5.74, 6) is 0.994. The quantitative estimate of drug-likeness (QED) is 0.884. The van der Waals surface area contributed by atoms with Gasteiger partial charge in [0.15, 0.2) is 0 Å². The van der Waals surface area contributed by atoms with Crippen molar-refractivity contribution in [2.45, 2.75) is 32.6 Å². The van der Waals surface area contributed by atoms with Crippen LogP contribution in [0, 0.1) is 0 Å². The van der Waals surface area contributed by atoms with E-state index in [1.165, 1.54) is 0 Å². The third kappa shape index (κ3) is 3.26. The van der Waals surface area contributed by atoms with Crippen molar-refractivity contribution in [2.24, 2.45) is 5.73 Å². The van der Waals surface area contributed by atoms with Gasteiger partial charge in [-0.25, -0.2) is 0 Å². The Kier molecular flexibility index (Phi) is 4.80. The molecule has 0 saturated carbocycles. The Bertz CT molecular complexity index is 446. The summed E-state index contributed by atoms with van der Waals surface area (Å²) >= 11 is 0. The zero-order valence-electron chi connectivity index (χ0n) is 11.5. The predicted molar refractivity (Wildman–Crippen MR) is 76.6 cm³/mol. The third-order valence-corrected chi connectivity index (χ3v) is 3.36. The van der Waals surface area contributed by atoms with Crippen LogP contribution in [-0.2, 0) is 11.2 Å². The Hall–Kier alpha value is -1.55. The second kappa shape index (κ2) is 6.57. The molecule has 0 saturated heterocycles. The maximum absolute atomic E-state index is 12.2. The average Bonchev–Trinajstić information content (AvgIpc) is 2.44. The highest BCUT2D eigenvalue weighted by Crippen LogP contribution is 2.33. The van der Waals surface area contributed by atoms with Crippen LogP contribution in [0.1, 0.15) is 31.7 Å². The van der Waals surface area contributed by atoms with Crippen LogP contribution < -0.4 is 15.4 Å². The molecule has 2 rings (SSSR count). The van der Waals surface area contributed by atoms with Crippen molar-refractivity contribution >= 4 is 11.6 Å². The molecule has 4 heteroatoms. The van der Waals surface area contributed by atoms with Gasteiger partial charge >= 0.3 is 0 Å². The van der Waals surface area contributed by atoms with E-state index >= 15 is 0 Å². The topological polar surface area (TPSA) is 55.6 Å². The summed E-state index contributed by atoms with van der Waals surface area (Å²) < 4.78 is 5.62. The van der Waals surface area contributed by atoms with Crippen LogP contribution in [0.25, 0.3) is 0 Å². The number of hydrogen-bond donors (Lipinski definition) is 1. The van der Waals surface area contributed by atoms with Gasteiger partial charge in [-0.2, -0.15) is 0 Å². The fourth-order valence-electron chi connectivity index (χ4n) is 2.31. The van der Waals surface area contributed by atoms with Crippen molar-refractivity contribution in [2.75, 3.05) is 24.6 Å². The van der Waals surface area contributed by atoms with Gasteiger partial charge in [-0.3, -0.25) is 4.79 Å². The number of benzene rings is 1. The summed E-state index contributed by atoms with van der Waals surface area (Å²) in [5, 5.41) is 0. The van der Waals surface area contributed by atoms with Crippen LogP contribution in [-0.4, -0.2) is 25.6 Å². The number of nitrogens with zero attached hydrogens (tertiary/aromatic N) is 1. The van der Waals surface area contributed by atoms with Crippen LogP contribution in [0.2, 0.25) is 0 Å². The van der Waals surface area contributed by atoms with Crippen molar-refractivity contribution in [3.63, 3.8) is 0 Å². The minimum atomic E-state index is 0.191. The van der Waals surface area contributed by atoms with E-state index in [4.69, 9.17) is 10.5 Å².